The van der Waals surface area contributed by atoms with Crippen LogP contribution in [0.15, 0.2) is 18.2 Å². The first kappa shape index (κ1) is 15.3. The third-order valence-corrected chi connectivity index (χ3v) is 2.67. The van der Waals surface area contributed by atoms with Gasteiger partial charge in [0.1, 0.15) is 5.92 Å². The molecule has 0 fully saturated rings. The van der Waals surface area contributed by atoms with Crippen molar-refractivity contribution in [1.29, 1.82) is 0 Å². The molecule has 0 amide bonds. The number of Topliss-reactive ketones (excluding diaryl/α,β-unsaturated/α-hetero) is 1. The minimum atomic E-state index is -1.11. The number of ketones is 1. The van der Waals surface area contributed by atoms with E-state index in [4.69, 9.17) is 4.74 Å². The second kappa shape index (κ2) is 6.97. The fourth-order valence-corrected chi connectivity index (χ4v) is 1.74. The van der Waals surface area contributed by atoms with Gasteiger partial charge in [-0.25, -0.2) is 8.78 Å². The largest absolute Gasteiger partial charge is 0.465 e. The van der Waals surface area contributed by atoms with E-state index < -0.39 is 29.3 Å². The Kier molecular flexibility index (Phi) is 5.60. The summed E-state index contributed by atoms with van der Waals surface area (Å²) >= 11 is 0. The monoisotopic (exact) mass is 270 g/mol. The Morgan fingerprint density at radius 2 is 1.89 bits per heavy atom. The van der Waals surface area contributed by atoms with Crippen LogP contribution in [0.25, 0.3) is 0 Å². The van der Waals surface area contributed by atoms with Gasteiger partial charge in [-0.1, -0.05) is 13.3 Å². The lowest BCUT2D eigenvalue weighted by atomic mass is 9.93. The Morgan fingerprint density at radius 1 is 1.21 bits per heavy atom. The molecule has 1 aromatic rings. The van der Waals surface area contributed by atoms with E-state index in [2.05, 4.69) is 0 Å². The number of rotatable bonds is 6. The van der Waals surface area contributed by atoms with Gasteiger partial charge in [-0.15, -0.1) is 0 Å². The summed E-state index contributed by atoms with van der Waals surface area (Å²) in [4.78, 5) is 23.8. The molecule has 0 aliphatic heterocycles. The van der Waals surface area contributed by atoms with Gasteiger partial charge in [-0.05, 0) is 31.5 Å². The lowest BCUT2D eigenvalue weighted by Crippen LogP contribution is -2.26. The number of esters is 1. The molecule has 0 aromatic heterocycles. The molecular weight excluding hydrogens is 254 g/mol. The topological polar surface area (TPSA) is 43.4 Å². The van der Waals surface area contributed by atoms with E-state index in [0.29, 0.717) is 12.8 Å². The van der Waals surface area contributed by atoms with E-state index in [9.17, 15) is 18.4 Å². The summed E-state index contributed by atoms with van der Waals surface area (Å²) in [5.74, 6) is -4.27. The van der Waals surface area contributed by atoms with Gasteiger partial charge in [0.15, 0.2) is 17.4 Å². The zero-order valence-electron chi connectivity index (χ0n) is 10.9. The maximum atomic E-state index is 13.1. The molecule has 1 rings (SSSR count). The van der Waals surface area contributed by atoms with Crippen molar-refractivity contribution < 1.29 is 23.1 Å². The predicted octanol–water partition coefficient (Wildman–Crippen LogP) is 3.13. The van der Waals surface area contributed by atoms with Crippen molar-refractivity contribution in [2.24, 2.45) is 5.92 Å². The minimum Gasteiger partial charge on any atom is -0.465 e. The normalized spacial score (nSPS) is 12.0. The van der Waals surface area contributed by atoms with Crippen LogP contribution < -0.4 is 0 Å². The molecule has 104 valence electrons. The molecular formula is C14H16F2O3. The quantitative estimate of drug-likeness (QED) is 0.453. The van der Waals surface area contributed by atoms with E-state index in [-0.39, 0.29) is 12.2 Å². The van der Waals surface area contributed by atoms with E-state index in [1.807, 2.05) is 6.92 Å². The maximum Gasteiger partial charge on any atom is 0.316 e. The Hall–Kier alpha value is -1.78. The van der Waals surface area contributed by atoms with Gasteiger partial charge in [-0.3, -0.25) is 9.59 Å². The average molecular weight is 270 g/mol. The SMILES string of the molecule is CCCC(C(=O)OCC)C(=O)c1ccc(F)c(F)c1. The van der Waals surface area contributed by atoms with Gasteiger partial charge >= 0.3 is 5.97 Å². The first-order valence-corrected chi connectivity index (χ1v) is 6.17. The number of halogens is 2. The molecule has 0 aliphatic rings. The molecule has 19 heavy (non-hydrogen) atoms. The molecule has 0 radical (unpaired) electrons. The third kappa shape index (κ3) is 3.84. The summed E-state index contributed by atoms with van der Waals surface area (Å²) < 4.78 is 30.7. The molecule has 3 nitrogen and oxygen atoms in total. The highest BCUT2D eigenvalue weighted by Crippen LogP contribution is 2.18. The summed E-state index contributed by atoms with van der Waals surface area (Å²) in [7, 11) is 0. The lowest BCUT2D eigenvalue weighted by Gasteiger charge is -2.13. The second-order valence-electron chi connectivity index (χ2n) is 4.09. The highest BCUT2D eigenvalue weighted by atomic mass is 19.2. The van der Waals surface area contributed by atoms with Crippen molar-refractivity contribution in [2.45, 2.75) is 26.7 Å². The average Bonchev–Trinajstić information content (AvgIpc) is 2.38. The number of benzene rings is 1. The summed E-state index contributed by atoms with van der Waals surface area (Å²) in [5, 5.41) is 0. The van der Waals surface area contributed by atoms with Crippen molar-refractivity contribution in [2.75, 3.05) is 6.61 Å². The van der Waals surface area contributed by atoms with Crippen molar-refractivity contribution in [3.8, 4) is 0 Å². The van der Waals surface area contributed by atoms with Crippen LogP contribution in [-0.2, 0) is 9.53 Å². The van der Waals surface area contributed by atoms with Crippen LogP contribution in [0, 0.1) is 17.6 Å². The van der Waals surface area contributed by atoms with E-state index in [1.165, 1.54) is 6.07 Å². The number of hydrogen-bond donors (Lipinski definition) is 0. The molecule has 1 aromatic carbocycles. The summed E-state index contributed by atoms with van der Waals surface area (Å²) in [5.41, 5.74) is -0.0228. The zero-order chi connectivity index (χ0) is 14.4. The molecule has 0 saturated carbocycles. The van der Waals surface area contributed by atoms with Crippen molar-refractivity contribution in [3.63, 3.8) is 0 Å². The lowest BCUT2D eigenvalue weighted by molar-refractivity contribution is -0.146. The Bertz CT molecular complexity index is 472. The van der Waals surface area contributed by atoms with Crippen LogP contribution in [0.4, 0.5) is 8.78 Å². The van der Waals surface area contributed by atoms with Gasteiger partial charge in [0, 0.05) is 5.56 Å². The number of carbonyl (C=O) groups excluding carboxylic acids is 2. The molecule has 1 unspecified atom stereocenters. The predicted molar refractivity (Wildman–Crippen MR) is 65.7 cm³/mol. The Balaban J connectivity index is 2.98. The van der Waals surface area contributed by atoms with Gasteiger partial charge in [0.25, 0.3) is 0 Å². The fourth-order valence-electron chi connectivity index (χ4n) is 1.74. The zero-order valence-corrected chi connectivity index (χ0v) is 10.9. The first-order valence-electron chi connectivity index (χ1n) is 6.17. The van der Waals surface area contributed by atoms with Crippen molar-refractivity contribution in [3.05, 3.63) is 35.4 Å². The molecule has 0 saturated heterocycles. The molecule has 1 atom stereocenters. The van der Waals surface area contributed by atoms with Gasteiger partial charge in [0.2, 0.25) is 0 Å². The van der Waals surface area contributed by atoms with Gasteiger partial charge in [-0.2, -0.15) is 0 Å². The Morgan fingerprint density at radius 3 is 2.42 bits per heavy atom. The highest BCUT2D eigenvalue weighted by Gasteiger charge is 2.28. The van der Waals surface area contributed by atoms with Crippen LogP contribution in [0.3, 0.4) is 0 Å². The van der Waals surface area contributed by atoms with Crippen LogP contribution in [0.1, 0.15) is 37.0 Å². The minimum absolute atomic E-state index is 0.0228. The van der Waals surface area contributed by atoms with E-state index >= 15 is 0 Å². The smallest absolute Gasteiger partial charge is 0.316 e. The second-order valence-corrected chi connectivity index (χ2v) is 4.09. The third-order valence-electron chi connectivity index (χ3n) is 2.67. The first-order chi connectivity index (χ1) is 9.01. The standard InChI is InChI=1S/C14H16F2O3/c1-3-5-10(14(18)19-4-2)13(17)9-6-7-11(15)12(16)8-9/h6-8,10H,3-5H2,1-2H3. The Labute approximate surface area is 110 Å². The summed E-state index contributed by atoms with van der Waals surface area (Å²) in [6, 6.07) is 2.85. The molecule has 0 N–H and O–H groups in total. The van der Waals surface area contributed by atoms with Crippen LogP contribution in [0.5, 0.6) is 0 Å². The van der Waals surface area contributed by atoms with Crippen LogP contribution >= 0.6 is 0 Å². The summed E-state index contributed by atoms with van der Waals surface area (Å²) in [6.45, 7) is 3.64. The maximum absolute atomic E-state index is 13.1. The highest BCUT2D eigenvalue weighted by molar-refractivity contribution is 6.08. The van der Waals surface area contributed by atoms with Gasteiger partial charge in [0.05, 0.1) is 6.61 Å². The van der Waals surface area contributed by atoms with Gasteiger partial charge < -0.3 is 4.74 Å². The van der Waals surface area contributed by atoms with E-state index in [0.717, 1.165) is 12.1 Å². The number of carbonyl (C=O) groups is 2. The molecule has 0 heterocycles. The van der Waals surface area contributed by atoms with E-state index in [1.54, 1.807) is 6.92 Å². The number of hydrogen-bond acceptors (Lipinski definition) is 3. The van der Waals surface area contributed by atoms with Crippen LogP contribution in [-0.4, -0.2) is 18.4 Å². The summed E-state index contributed by atoms with van der Waals surface area (Å²) in [6.07, 6.45) is 0.926. The van der Waals surface area contributed by atoms with Crippen molar-refractivity contribution >= 4 is 11.8 Å². The molecule has 0 aliphatic carbocycles. The molecule has 0 bridgehead atoms. The van der Waals surface area contributed by atoms with Crippen molar-refractivity contribution in [1.82, 2.24) is 0 Å². The number of ether oxygens (including phenoxy) is 1. The van der Waals surface area contributed by atoms with Crippen LogP contribution in [0.2, 0.25) is 0 Å². The fraction of sp³-hybridized carbons (Fsp3) is 0.429. The molecule has 5 heteroatoms. The molecule has 0 spiro atoms.